The van der Waals surface area contributed by atoms with Gasteiger partial charge in [0, 0.05) is 5.75 Å². The van der Waals surface area contributed by atoms with E-state index in [4.69, 9.17) is 0 Å². The van der Waals surface area contributed by atoms with E-state index in [2.05, 4.69) is 0 Å². The molecular formula is C13H20O3S. The fraction of sp³-hybridized carbons (Fsp3) is 0.538. The number of sulfone groups is 1. The van der Waals surface area contributed by atoms with Crippen molar-refractivity contribution < 1.29 is 13.5 Å². The van der Waals surface area contributed by atoms with Gasteiger partial charge in [-0.1, -0.05) is 31.2 Å². The number of aliphatic hydroxyl groups is 1. The Bertz CT molecular complexity index is 451. The van der Waals surface area contributed by atoms with Gasteiger partial charge in [0.2, 0.25) is 0 Å². The van der Waals surface area contributed by atoms with Crippen LogP contribution >= 0.6 is 0 Å². The molecular weight excluding hydrogens is 236 g/mol. The van der Waals surface area contributed by atoms with Crippen molar-refractivity contribution in [2.24, 2.45) is 0 Å². The van der Waals surface area contributed by atoms with E-state index in [0.717, 1.165) is 11.1 Å². The molecule has 0 aliphatic carbocycles. The highest BCUT2D eigenvalue weighted by molar-refractivity contribution is 7.91. The van der Waals surface area contributed by atoms with Gasteiger partial charge in [0.05, 0.1) is 11.9 Å². The Morgan fingerprint density at radius 2 is 1.94 bits per heavy atom. The number of aryl methyl sites for hydroxylation is 1. The normalized spacial score (nSPS) is 13.6. The van der Waals surface area contributed by atoms with Crippen LogP contribution in [0.1, 0.15) is 37.0 Å². The molecule has 0 radical (unpaired) electrons. The Morgan fingerprint density at radius 3 is 2.53 bits per heavy atom. The van der Waals surface area contributed by atoms with Crippen molar-refractivity contribution in [1.29, 1.82) is 0 Å². The number of benzene rings is 1. The van der Waals surface area contributed by atoms with Gasteiger partial charge in [-0.05, 0) is 30.9 Å². The van der Waals surface area contributed by atoms with Crippen molar-refractivity contribution in [3.8, 4) is 0 Å². The van der Waals surface area contributed by atoms with Gasteiger partial charge in [-0.25, -0.2) is 8.42 Å². The largest absolute Gasteiger partial charge is 0.388 e. The number of hydrogen-bond donors (Lipinski definition) is 1. The molecule has 17 heavy (non-hydrogen) atoms. The van der Waals surface area contributed by atoms with Crippen molar-refractivity contribution in [3.05, 3.63) is 35.4 Å². The molecule has 1 unspecified atom stereocenters. The van der Waals surface area contributed by atoms with Gasteiger partial charge in [-0.2, -0.15) is 0 Å². The van der Waals surface area contributed by atoms with Gasteiger partial charge < -0.3 is 5.11 Å². The Kier molecular flexibility index (Phi) is 5.15. The summed E-state index contributed by atoms with van der Waals surface area (Å²) in [5, 5.41) is 9.98. The van der Waals surface area contributed by atoms with Gasteiger partial charge in [0.15, 0.2) is 0 Å². The second kappa shape index (κ2) is 6.17. The predicted octanol–water partition coefficient (Wildman–Crippen LogP) is 2.24. The summed E-state index contributed by atoms with van der Waals surface area (Å²) in [4.78, 5) is 0. The molecule has 0 spiro atoms. The van der Waals surface area contributed by atoms with Crippen molar-refractivity contribution in [1.82, 2.24) is 0 Å². The van der Waals surface area contributed by atoms with Gasteiger partial charge in [0.1, 0.15) is 9.84 Å². The summed E-state index contributed by atoms with van der Waals surface area (Å²) in [6.07, 6.45) is 0.429. The maximum Gasteiger partial charge on any atom is 0.150 e. The minimum atomic E-state index is -2.92. The first-order chi connectivity index (χ1) is 7.96. The summed E-state index contributed by atoms with van der Waals surface area (Å²) >= 11 is 0. The minimum absolute atomic E-state index is 0.159. The third-order valence-corrected chi connectivity index (χ3v) is 4.71. The van der Waals surface area contributed by atoms with Crippen LogP contribution in [0.2, 0.25) is 0 Å². The zero-order valence-electron chi connectivity index (χ0n) is 10.4. The summed E-state index contributed by atoms with van der Waals surface area (Å²) in [5.74, 6) is 0.333. The Balaban J connectivity index is 2.51. The molecule has 0 heterocycles. The lowest BCUT2D eigenvalue weighted by Gasteiger charge is -2.13. The highest BCUT2D eigenvalue weighted by atomic mass is 32.2. The zero-order chi connectivity index (χ0) is 12.9. The monoisotopic (exact) mass is 256 g/mol. The number of rotatable bonds is 6. The Labute approximate surface area is 103 Å². The topological polar surface area (TPSA) is 54.4 Å². The van der Waals surface area contributed by atoms with Crippen molar-refractivity contribution in [3.63, 3.8) is 0 Å². The second-order valence-corrected chi connectivity index (χ2v) is 6.72. The Morgan fingerprint density at radius 1 is 1.29 bits per heavy atom. The van der Waals surface area contributed by atoms with E-state index >= 15 is 0 Å². The maximum absolute atomic E-state index is 11.3. The average Bonchev–Trinajstić information content (AvgIpc) is 2.29. The van der Waals surface area contributed by atoms with Gasteiger partial charge in [0.25, 0.3) is 0 Å². The van der Waals surface area contributed by atoms with E-state index in [9.17, 15) is 13.5 Å². The summed E-state index contributed by atoms with van der Waals surface area (Å²) in [5.41, 5.74) is 1.93. The molecule has 96 valence electrons. The second-order valence-electron chi connectivity index (χ2n) is 4.25. The molecule has 0 bridgehead atoms. The van der Waals surface area contributed by atoms with Crippen LogP contribution in [-0.4, -0.2) is 25.0 Å². The molecule has 1 aromatic rings. The van der Waals surface area contributed by atoms with Crippen LogP contribution in [0.15, 0.2) is 24.3 Å². The van der Waals surface area contributed by atoms with Gasteiger partial charge in [-0.15, -0.1) is 0 Å². The first-order valence-corrected chi connectivity index (χ1v) is 7.72. The fourth-order valence-corrected chi connectivity index (χ4v) is 2.65. The molecule has 0 aliphatic rings. The molecule has 4 heteroatoms. The molecule has 3 nitrogen and oxygen atoms in total. The van der Waals surface area contributed by atoms with E-state index in [-0.39, 0.29) is 11.5 Å². The first kappa shape index (κ1) is 14.2. The molecule has 0 amide bonds. The van der Waals surface area contributed by atoms with Crippen LogP contribution in [-0.2, 0) is 9.84 Å². The third kappa shape index (κ3) is 4.48. The van der Waals surface area contributed by atoms with Crippen molar-refractivity contribution in [2.45, 2.75) is 32.8 Å². The smallest absolute Gasteiger partial charge is 0.150 e. The van der Waals surface area contributed by atoms with Crippen molar-refractivity contribution >= 4 is 9.84 Å². The SMILES string of the molecule is CCS(=O)(=O)CCCC(O)c1ccccc1C. The lowest BCUT2D eigenvalue weighted by molar-refractivity contribution is 0.166. The van der Waals surface area contributed by atoms with Crippen molar-refractivity contribution in [2.75, 3.05) is 11.5 Å². The highest BCUT2D eigenvalue weighted by Crippen LogP contribution is 2.21. The van der Waals surface area contributed by atoms with E-state index in [1.807, 2.05) is 31.2 Å². The molecule has 0 saturated carbocycles. The summed E-state index contributed by atoms with van der Waals surface area (Å²) in [6.45, 7) is 3.59. The van der Waals surface area contributed by atoms with Gasteiger partial charge in [-0.3, -0.25) is 0 Å². The summed E-state index contributed by atoms with van der Waals surface area (Å²) in [6, 6.07) is 7.64. The number of aliphatic hydroxyl groups excluding tert-OH is 1. The van der Waals surface area contributed by atoms with Crippen LogP contribution in [0.5, 0.6) is 0 Å². The lowest BCUT2D eigenvalue weighted by Crippen LogP contribution is -2.10. The Hall–Kier alpha value is -0.870. The average molecular weight is 256 g/mol. The first-order valence-electron chi connectivity index (χ1n) is 5.90. The standard InChI is InChI=1S/C13H20O3S/c1-3-17(15,16)10-6-9-13(14)12-8-5-4-7-11(12)2/h4-5,7-8,13-14H,3,6,9-10H2,1-2H3. The van der Waals surface area contributed by atoms with E-state index in [1.165, 1.54) is 0 Å². The predicted molar refractivity (Wildman–Crippen MR) is 69.7 cm³/mol. The van der Waals surface area contributed by atoms with Crippen LogP contribution in [0.4, 0.5) is 0 Å². The molecule has 0 saturated heterocycles. The lowest BCUT2D eigenvalue weighted by atomic mass is 10.0. The molecule has 0 aromatic heterocycles. The van der Waals surface area contributed by atoms with Gasteiger partial charge >= 0.3 is 0 Å². The summed E-state index contributed by atoms with van der Waals surface area (Å²) < 4.78 is 22.6. The van der Waals surface area contributed by atoms with E-state index in [0.29, 0.717) is 12.8 Å². The molecule has 0 fully saturated rings. The molecule has 0 aliphatic heterocycles. The fourth-order valence-electron chi connectivity index (χ4n) is 1.76. The van der Waals surface area contributed by atoms with E-state index in [1.54, 1.807) is 6.92 Å². The summed E-state index contributed by atoms with van der Waals surface area (Å²) in [7, 11) is -2.92. The van der Waals surface area contributed by atoms with Crippen LogP contribution in [0.25, 0.3) is 0 Å². The highest BCUT2D eigenvalue weighted by Gasteiger charge is 2.12. The molecule has 1 aromatic carbocycles. The van der Waals surface area contributed by atoms with Crippen LogP contribution in [0.3, 0.4) is 0 Å². The maximum atomic E-state index is 11.3. The van der Waals surface area contributed by atoms with E-state index < -0.39 is 15.9 Å². The number of hydrogen-bond acceptors (Lipinski definition) is 3. The molecule has 1 atom stereocenters. The third-order valence-electron chi connectivity index (χ3n) is 2.92. The zero-order valence-corrected chi connectivity index (χ0v) is 11.2. The van der Waals surface area contributed by atoms with Crippen LogP contribution < -0.4 is 0 Å². The van der Waals surface area contributed by atoms with Crippen LogP contribution in [0, 0.1) is 6.92 Å². The molecule has 1 rings (SSSR count). The quantitative estimate of drug-likeness (QED) is 0.849. The minimum Gasteiger partial charge on any atom is -0.388 e. The molecule has 1 N–H and O–H groups in total.